The highest BCUT2D eigenvalue weighted by Gasteiger charge is 2.21. The summed E-state index contributed by atoms with van der Waals surface area (Å²) >= 11 is 0. The van der Waals surface area contributed by atoms with Gasteiger partial charge in [-0.25, -0.2) is 4.79 Å². The molecule has 5 N–H and O–H groups in total. The van der Waals surface area contributed by atoms with Crippen LogP contribution in [0.3, 0.4) is 0 Å². The Kier molecular flexibility index (Phi) is 5.77. The third-order valence-electron chi connectivity index (χ3n) is 2.19. The van der Waals surface area contributed by atoms with Crippen molar-refractivity contribution in [3.63, 3.8) is 0 Å². The molecule has 1 fully saturated rings. The zero-order chi connectivity index (χ0) is 8.97. The van der Waals surface area contributed by atoms with Crippen molar-refractivity contribution in [3.8, 4) is 0 Å². The molecule has 0 radical (unpaired) electrons. The zero-order valence-corrected chi connectivity index (χ0v) is 8.18. The van der Waals surface area contributed by atoms with Gasteiger partial charge in [-0.05, 0) is 25.7 Å². The molecule has 1 amide bonds. The molecule has 0 aromatic carbocycles. The fourth-order valence-corrected chi connectivity index (χ4v) is 1.51. The SMILES string of the molecule is Cl.NNC1CCC(OC(N)=O)CC1. The molecular weight excluding hydrogens is 194 g/mol. The number of nitrogens with two attached hydrogens (primary N) is 2. The topological polar surface area (TPSA) is 90.4 Å². The van der Waals surface area contributed by atoms with Gasteiger partial charge in [-0.2, -0.15) is 0 Å². The number of rotatable bonds is 2. The normalized spacial score (nSPS) is 27.5. The summed E-state index contributed by atoms with van der Waals surface area (Å²) in [5.41, 5.74) is 7.60. The largest absolute Gasteiger partial charge is 0.446 e. The molecule has 13 heavy (non-hydrogen) atoms. The number of hydrogen-bond acceptors (Lipinski definition) is 4. The highest BCUT2D eigenvalue weighted by atomic mass is 35.5. The van der Waals surface area contributed by atoms with Gasteiger partial charge in [0.15, 0.2) is 0 Å². The minimum Gasteiger partial charge on any atom is -0.446 e. The number of hydrogen-bond donors (Lipinski definition) is 3. The highest BCUT2D eigenvalue weighted by Crippen LogP contribution is 2.20. The zero-order valence-electron chi connectivity index (χ0n) is 7.36. The van der Waals surface area contributed by atoms with E-state index in [4.69, 9.17) is 16.3 Å². The third-order valence-corrected chi connectivity index (χ3v) is 2.19. The molecule has 0 aromatic heterocycles. The molecule has 1 rings (SSSR count). The van der Waals surface area contributed by atoms with Crippen LogP contribution in [0.5, 0.6) is 0 Å². The number of ether oxygens (including phenoxy) is 1. The summed E-state index contributed by atoms with van der Waals surface area (Å²) in [7, 11) is 0. The number of primary amides is 1. The lowest BCUT2D eigenvalue weighted by atomic mass is 9.93. The lowest BCUT2D eigenvalue weighted by Gasteiger charge is -2.26. The van der Waals surface area contributed by atoms with E-state index in [0.29, 0.717) is 6.04 Å². The van der Waals surface area contributed by atoms with Crippen LogP contribution in [0.2, 0.25) is 0 Å². The summed E-state index contributed by atoms with van der Waals surface area (Å²) in [5, 5.41) is 0. The van der Waals surface area contributed by atoms with Crippen LogP contribution >= 0.6 is 12.4 Å². The van der Waals surface area contributed by atoms with Crippen LogP contribution in [0.4, 0.5) is 4.79 Å². The van der Waals surface area contributed by atoms with Gasteiger partial charge in [0.05, 0.1) is 0 Å². The first-order valence-electron chi connectivity index (χ1n) is 4.14. The van der Waals surface area contributed by atoms with E-state index < -0.39 is 6.09 Å². The Morgan fingerprint density at radius 3 is 2.23 bits per heavy atom. The van der Waals surface area contributed by atoms with Gasteiger partial charge in [-0.1, -0.05) is 0 Å². The quantitative estimate of drug-likeness (QED) is 0.450. The van der Waals surface area contributed by atoms with Crippen LogP contribution in [0.25, 0.3) is 0 Å². The summed E-state index contributed by atoms with van der Waals surface area (Å²) in [6.45, 7) is 0. The molecule has 0 aromatic rings. The molecule has 6 heteroatoms. The number of amides is 1. The van der Waals surface area contributed by atoms with Gasteiger partial charge in [0.2, 0.25) is 0 Å². The van der Waals surface area contributed by atoms with Crippen molar-refractivity contribution < 1.29 is 9.53 Å². The van der Waals surface area contributed by atoms with Gasteiger partial charge in [0.1, 0.15) is 6.10 Å². The third kappa shape index (κ3) is 4.31. The van der Waals surface area contributed by atoms with E-state index in [1.54, 1.807) is 0 Å². The predicted octanol–water partition coefficient (Wildman–Crippen LogP) is 0.278. The fourth-order valence-electron chi connectivity index (χ4n) is 1.51. The Bertz CT molecular complexity index is 160. The van der Waals surface area contributed by atoms with Crippen molar-refractivity contribution in [2.45, 2.75) is 37.8 Å². The molecule has 78 valence electrons. The maximum atomic E-state index is 10.4. The van der Waals surface area contributed by atoms with Crippen LogP contribution < -0.4 is 17.0 Å². The fraction of sp³-hybridized carbons (Fsp3) is 0.857. The summed E-state index contributed by atoms with van der Waals surface area (Å²) in [6.07, 6.45) is 2.88. The Morgan fingerprint density at radius 2 is 1.85 bits per heavy atom. The van der Waals surface area contributed by atoms with Gasteiger partial charge in [0, 0.05) is 6.04 Å². The Labute approximate surface area is 83.6 Å². The molecule has 0 atom stereocenters. The molecule has 0 heterocycles. The van der Waals surface area contributed by atoms with E-state index in [1.807, 2.05) is 0 Å². The summed E-state index contributed by atoms with van der Waals surface area (Å²) in [5.74, 6) is 5.27. The van der Waals surface area contributed by atoms with Gasteiger partial charge >= 0.3 is 6.09 Å². The monoisotopic (exact) mass is 209 g/mol. The van der Waals surface area contributed by atoms with Crippen molar-refractivity contribution in [3.05, 3.63) is 0 Å². The van der Waals surface area contributed by atoms with Crippen LogP contribution in [-0.4, -0.2) is 18.2 Å². The second-order valence-corrected chi connectivity index (χ2v) is 3.08. The average molecular weight is 210 g/mol. The molecule has 1 saturated carbocycles. The van der Waals surface area contributed by atoms with E-state index in [1.165, 1.54) is 0 Å². The van der Waals surface area contributed by atoms with Crippen molar-refractivity contribution in [2.24, 2.45) is 11.6 Å². The predicted molar refractivity (Wildman–Crippen MR) is 51.3 cm³/mol. The number of carbonyl (C=O) groups is 1. The maximum absolute atomic E-state index is 10.4. The molecule has 1 aliphatic rings. The number of carbonyl (C=O) groups excluding carboxylic acids is 1. The summed E-state index contributed by atoms with van der Waals surface area (Å²) in [4.78, 5) is 10.4. The molecular formula is C7H16ClN3O2. The Balaban J connectivity index is 0.00000144. The maximum Gasteiger partial charge on any atom is 0.404 e. The van der Waals surface area contributed by atoms with E-state index >= 15 is 0 Å². The minimum absolute atomic E-state index is 0. The van der Waals surface area contributed by atoms with E-state index in [0.717, 1.165) is 25.7 Å². The minimum atomic E-state index is -0.681. The standard InChI is InChI=1S/C7H15N3O2.ClH/c8-7(11)12-6-3-1-5(10-9)2-4-6;/h5-6,10H,1-4,9H2,(H2,8,11);1H. The molecule has 0 spiro atoms. The van der Waals surface area contributed by atoms with Gasteiger partial charge in [0.25, 0.3) is 0 Å². The van der Waals surface area contributed by atoms with Crippen LogP contribution in [0.15, 0.2) is 0 Å². The smallest absolute Gasteiger partial charge is 0.404 e. The van der Waals surface area contributed by atoms with Gasteiger partial charge in [-0.3, -0.25) is 11.3 Å². The lowest BCUT2D eigenvalue weighted by molar-refractivity contribution is 0.0759. The van der Waals surface area contributed by atoms with Crippen LogP contribution in [0, 0.1) is 0 Å². The molecule has 1 aliphatic carbocycles. The first kappa shape index (κ1) is 12.5. The average Bonchev–Trinajstić information content (AvgIpc) is 2.05. The van der Waals surface area contributed by atoms with Crippen LogP contribution in [0.1, 0.15) is 25.7 Å². The second-order valence-electron chi connectivity index (χ2n) is 3.08. The molecule has 5 nitrogen and oxygen atoms in total. The highest BCUT2D eigenvalue weighted by molar-refractivity contribution is 5.85. The van der Waals surface area contributed by atoms with Gasteiger partial charge in [-0.15, -0.1) is 12.4 Å². The Hall–Kier alpha value is -0.520. The van der Waals surface area contributed by atoms with Crippen molar-refractivity contribution in [2.75, 3.05) is 0 Å². The number of hydrazine groups is 1. The number of nitrogens with one attached hydrogen (secondary N) is 1. The summed E-state index contributed by atoms with van der Waals surface area (Å²) in [6, 6.07) is 0.359. The second kappa shape index (κ2) is 6.01. The van der Waals surface area contributed by atoms with Crippen molar-refractivity contribution >= 4 is 18.5 Å². The van der Waals surface area contributed by atoms with Crippen molar-refractivity contribution in [1.29, 1.82) is 0 Å². The first-order chi connectivity index (χ1) is 5.72. The molecule has 0 saturated heterocycles. The summed E-state index contributed by atoms with van der Waals surface area (Å²) < 4.78 is 4.85. The molecule has 0 aliphatic heterocycles. The van der Waals surface area contributed by atoms with Crippen molar-refractivity contribution in [1.82, 2.24) is 5.43 Å². The number of halogens is 1. The molecule has 0 unspecified atom stereocenters. The Morgan fingerprint density at radius 1 is 1.31 bits per heavy atom. The van der Waals surface area contributed by atoms with E-state index in [2.05, 4.69) is 5.43 Å². The van der Waals surface area contributed by atoms with Crippen LogP contribution in [-0.2, 0) is 4.74 Å². The lowest BCUT2D eigenvalue weighted by Crippen LogP contribution is -2.40. The van der Waals surface area contributed by atoms with Gasteiger partial charge < -0.3 is 10.5 Å². The molecule has 0 bridgehead atoms. The van der Waals surface area contributed by atoms with E-state index in [9.17, 15) is 4.79 Å². The first-order valence-corrected chi connectivity index (χ1v) is 4.14. The van der Waals surface area contributed by atoms with E-state index in [-0.39, 0.29) is 18.5 Å².